The molecule has 0 amide bonds. The number of aliphatic hydroxyl groups is 1. The predicted molar refractivity (Wildman–Crippen MR) is 66.0 cm³/mol. The fraction of sp³-hybridized carbons (Fsp3) is 0.417. The third-order valence-electron chi connectivity index (χ3n) is 3.24. The second-order valence-electron chi connectivity index (χ2n) is 4.19. The Hall–Kier alpha value is -0.560. The third-order valence-corrected chi connectivity index (χ3v) is 4.20. The lowest BCUT2D eigenvalue weighted by Gasteiger charge is -2.39. The van der Waals surface area contributed by atoms with Gasteiger partial charge in [-0.05, 0) is 36.6 Å². The molecule has 1 N–H and O–H groups in total. The Labute approximate surface area is 108 Å². The second kappa shape index (κ2) is 4.37. The molecule has 1 aromatic rings. The van der Waals surface area contributed by atoms with E-state index in [-0.39, 0.29) is 0 Å². The highest BCUT2D eigenvalue weighted by atomic mass is 79.9. The first kappa shape index (κ1) is 11.9. The standard InChI is InChI=1S/C12H11BrClNO/c13-10-3-2-8(14)6-9(10)11(16)12(7-15)4-1-5-12/h2-3,6,11,16H,1,4-5H2. The molecule has 0 aliphatic heterocycles. The minimum atomic E-state index is -0.765. The Bertz CT molecular complexity index is 451. The number of nitriles is 1. The van der Waals surface area contributed by atoms with E-state index >= 15 is 0 Å². The van der Waals surface area contributed by atoms with Gasteiger partial charge in [-0.1, -0.05) is 34.0 Å². The van der Waals surface area contributed by atoms with Crippen LogP contribution in [0.3, 0.4) is 0 Å². The van der Waals surface area contributed by atoms with Gasteiger partial charge < -0.3 is 5.11 Å². The van der Waals surface area contributed by atoms with Gasteiger partial charge in [0.25, 0.3) is 0 Å². The summed E-state index contributed by atoms with van der Waals surface area (Å²) in [6.07, 6.45) is 1.75. The van der Waals surface area contributed by atoms with Crippen molar-refractivity contribution >= 4 is 27.5 Å². The number of hydrogen-bond acceptors (Lipinski definition) is 2. The SMILES string of the molecule is N#CC1(C(O)c2cc(Cl)ccc2Br)CCC1. The summed E-state index contributed by atoms with van der Waals surface area (Å²) in [5, 5.41) is 20.0. The zero-order valence-electron chi connectivity index (χ0n) is 8.58. The van der Waals surface area contributed by atoms with Crippen LogP contribution < -0.4 is 0 Å². The van der Waals surface area contributed by atoms with Crippen LogP contribution in [-0.2, 0) is 0 Å². The molecule has 0 bridgehead atoms. The van der Waals surface area contributed by atoms with Crippen LogP contribution in [0.2, 0.25) is 5.02 Å². The van der Waals surface area contributed by atoms with E-state index in [0.29, 0.717) is 10.6 Å². The summed E-state index contributed by atoms with van der Waals surface area (Å²) in [6.45, 7) is 0. The summed E-state index contributed by atoms with van der Waals surface area (Å²) >= 11 is 9.28. The lowest BCUT2D eigenvalue weighted by atomic mass is 9.65. The topological polar surface area (TPSA) is 44.0 Å². The van der Waals surface area contributed by atoms with Gasteiger partial charge in [-0.15, -0.1) is 0 Å². The molecule has 84 valence electrons. The van der Waals surface area contributed by atoms with Crippen molar-refractivity contribution < 1.29 is 5.11 Å². The summed E-state index contributed by atoms with van der Waals surface area (Å²) in [6, 6.07) is 7.51. The molecular weight excluding hydrogens is 289 g/mol. The fourth-order valence-corrected chi connectivity index (χ4v) is 2.67. The van der Waals surface area contributed by atoms with E-state index in [1.807, 2.05) is 0 Å². The summed E-state index contributed by atoms with van der Waals surface area (Å²) in [5.41, 5.74) is 0.0847. The van der Waals surface area contributed by atoms with Crippen molar-refractivity contribution in [3.63, 3.8) is 0 Å². The molecule has 1 aromatic carbocycles. The Balaban J connectivity index is 2.37. The van der Waals surface area contributed by atoms with Gasteiger partial charge in [0, 0.05) is 9.50 Å². The fourth-order valence-electron chi connectivity index (χ4n) is 2.03. The van der Waals surface area contributed by atoms with E-state index in [1.165, 1.54) is 0 Å². The van der Waals surface area contributed by atoms with Crippen LogP contribution in [0.5, 0.6) is 0 Å². The molecular formula is C12H11BrClNO. The van der Waals surface area contributed by atoms with Crippen LogP contribution >= 0.6 is 27.5 Å². The van der Waals surface area contributed by atoms with E-state index in [2.05, 4.69) is 22.0 Å². The van der Waals surface area contributed by atoms with Crippen molar-refractivity contribution in [3.8, 4) is 6.07 Å². The van der Waals surface area contributed by atoms with Gasteiger partial charge in [-0.2, -0.15) is 5.26 Å². The Kier molecular flexibility index (Phi) is 3.25. The minimum absolute atomic E-state index is 0.574. The van der Waals surface area contributed by atoms with E-state index in [1.54, 1.807) is 18.2 Å². The van der Waals surface area contributed by atoms with Gasteiger partial charge in [0.05, 0.1) is 17.6 Å². The van der Waals surface area contributed by atoms with Gasteiger partial charge in [0.1, 0.15) is 0 Å². The van der Waals surface area contributed by atoms with Gasteiger partial charge in [0.15, 0.2) is 0 Å². The van der Waals surface area contributed by atoms with Gasteiger partial charge in [0.2, 0.25) is 0 Å². The van der Waals surface area contributed by atoms with Crippen LogP contribution in [0.25, 0.3) is 0 Å². The monoisotopic (exact) mass is 299 g/mol. The molecule has 1 aliphatic carbocycles. The highest BCUT2D eigenvalue weighted by Gasteiger charge is 2.45. The molecule has 4 heteroatoms. The molecule has 0 spiro atoms. The molecule has 1 saturated carbocycles. The van der Waals surface area contributed by atoms with Crippen molar-refractivity contribution in [1.82, 2.24) is 0 Å². The number of rotatable bonds is 2. The maximum Gasteiger partial charge on any atom is 0.0987 e. The molecule has 2 rings (SSSR count). The van der Waals surface area contributed by atoms with Crippen LogP contribution in [0.4, 0.5) is 0 Å². The molecule has 1 atom stereocenters. The lowest BCUT2D eigenvalue weighted by Crippen LogP contribution is -2.34. The molecule has 0 radical (unpaired) electrons. The van der Waals surface area contributed by atoms with Crippen LogP contribution in [0.15, 0.2) is 22.7 Å². The van der Waals surface area contributed by atoms with Crippen molar-refractivity contribution in [2.75, 3.05) is 0 Å². The van der Waals surface area contributed by atoms with Crippen molar-refractivity contribution in [3.05, 3.63) is 33.3 Å². The van der Waals surface area contributed by atoms with E-state index < -0.39 is 11.5 Å². The van der Waals surface area contributed by atoms with Gasteiger partial charge >= 0.3 is 0 Å². The molecule has 0 heterocycles. The smallest absolute Gasteiger partial charge is 0.0987 e. The third kappa shape index (κ3) is 1.86. The second-order valence-corrected chi connectivity index (χ2v) is 5.48. The van der Waals surface area contributed by atoms with Crippen molar-refractivity contribution in [1.29, 1.82) is 5.26 Å². The first-order valence-corrected chi connectivity index (χ1v) is 6.30. The molecule has 1 unspecified atom stereocenters. The number of nitrogens with zero attached hydrogens (tertiary/aromatic N) is 1. The number of benzene rings is 1. The Morgan fingerprint density at radius 3 is 2.69 bits per heavy atom. The highest BCUT2D eigenvalue weighted by Crippen LogP contribution is 2.51. The Morgan fingerprint density at radius 2 is 2.19 bits per heavy atom. The van der Waals surface area contributed by atoms with E-state index in [0.717, 1.165) is 23.7 Å². The zero-order chi connectivity index (χ0) is 11.8. The van der Waals surface area contributed by atoms with Crippen LogP contribution in [0, 0.1) is 16.7 Å². The maximum atomic E-state index is 10.3. The van der Waals surface area contributed by atoms with Crippen molar-refractivity contribution in [2.45, 2.75) is 25.4 Å². The molecule has 1 fully saturated rings. The summed E-state index contributed by atoms with van der Waals surface area (Å²) in [5.74, 6) is 0. The zero-order valence-corrected chi connectivity index (χ0v) is 10.9. The highest BCUT2D eigenvalue weighted by molar-refractivity contribution is 9.10. The number of aliphatic hydroxyl groups excluding tert-OH is 1. The average molecular weight is 301 g/mol. The number of halogens is 2. The Morgan fingerprint density at radius 1 is 1.50 bits per heavy atom. The van der Waals surface area contributed by atoms with Gasteiger partial charge in [-0.25, -0.2) is 0 Å². The molecule has 0 aromatic heterocycles. The summed E-state index contributed by atoms with van der Waals surface area (Å²) < 4.78 is 0.797. The summed E-state index contributed by atoms with van der Waals surface area (Å²) in [7, 11) is 0. The average Bonchev–Trinajstić information content (AvgIpc) is 2.21. The molecule has 2 nitrogen and oxygen atoms in total. The first-order valence-electron chi connectivity index (χ1n) is 5.13. The normalized spacial score (nSPS) is 19.6. The maximum absolute atomic E-state index is 10.3. The van der Waals surface area contributed by atoms with E-state index in [9.17, 15) is 10.4 Å². The minimum Gasteiger partial charge on any atom is -0.387 e. The predicted octanol–water partition coefficient (Wildman–Crippen LogP) is 3.83. The van der Waals surface area contributed by atoms with Gasteiger partial charge in [-0.3, -0.25) is 0 Å². The summed E-state index contributed by atoms with van der Waals surface area (Å²) in [4.78, 5) is 0. The lowest BCUT2D eigenvalue weighted by molar-refractivity contribution is 0.00748. The molecule has 16 heavy (non-hydrogen) atoms. The molecule has 0 saturated heterocycles. The van der Waals surface area contributed by atoms with Crippen LogP contribution in [-0.4, -0.2) is 5.11 Å². The quantitative estimate of drug-likeness (QED) is 0.902. The van der Waals surface area contributed by atoms with E-state index in [4.69, 9.17) is 11.6 Å². The largest absolute Gasteiger partial charge is 0.387 e. The van der Waals surface area contributed by atoms with Crippen LogP contribution in [0.1, 0.15) is 30.9 Å². The molecule has 1 aliphatic rings. The number of hydrogen-bond donors (Lipinski definition) is 1. The first-order chi connectivity index (χ1) is 7.59. The van der Waals surface area contributed by atoms with Crippen molar-refractivity contribution in [2.24, 2.45) is 5.41 Å².